The molecule has 4 nitrogen and oxygen atoms in total. The van der Waals surface area contributed by atoms with E-state index >= 15 is 0 Å². The molecule has 0 bridgehead atoms. The Morgan fingerprint density at radius 1 is 1.03 bits per heavy atom. The maximum absolute atomic E-state index is 13.1. The molecule has 1 aliphatic heterocycles. The molecule has 3 aromatic rings. The van der Waals surface area contributed by atoms with Crippen molar-refractivity contribution in [1.82, 2.24) is 4.90 Å². The van der Waals surface area contributed by atoms with E-state index in [0.717, 1.165) is 16.7 Å². The number of β-lactam (4-membered cyclic amide) rings is 1. The van der Waals surface area contributed by atoms with Gasteiger partial charge in [0.2, 0.25) is 5.91 Å². The van der Waals surface area contributed by atoms with Crippen LogP contribution < -0.4 is 0 Å². The Morgan fingerprint density at radius 3 is 2.48 bits per heavy atom. The molecule has 0 aliphatic carbocycles. The quantitative estimate of drug-likeness (QED) is 0.452. The molecule has 1 heterocycles. The van der Waals surface area contributed by atoms with Crippen LogP contribution >= 0.6 is 0 Å². The van der Waals surface area contributed by atoms with Crippen molar-refractivity contribution in [1.29, 1.82) is 5.26 Å². The summed E-state index contributed by atoms with van der Waals surface area (Å²) in [5.41, 5.74) is 4.05. The van der Waals surface area contributed by atoms with Crippen molar-refractivity contribution >= 4 is 17.9 Å². The van der Waals surface area contributed by atoms with E-state index < -0.39 is 0 Å². The summed E-state index contributed by atoms with van der Waals surface area (Å²) in [6.07, 6.45) is 4.36. The van der Waals surface area contributed by atoms with Crippen molar-refractivity contribution in [3.8, 4) is 6.07 Å². The van der Waals surface area contributed by atoms with Crippen LogP contribution in [-0.4, -0.2) is 22.8 Å². The lowest BCUT2D eigenvalue weighted by atomic mass is 9.81. The first kappa shape index (κ1) is 20.3. The molecule has 1 fully saturated rings. The minimum Gasteiger partial charge on any atom is -0.274 e. The number of nitriles is 1. The van der Waals surface area contributed by atoms with Crippen LogP contribution in [0.3, 0.4) is 0 Å². The molecular weight excluding hydrogens is 384 g/mol. The Hall–Kier alpha value is -3.97. The minimum atomic E-state index is -0.344. The first-order chi connectivity index (χ1) is 15.1. The number of amides is 2. The third-order valence-electron chi connectivity index (χ3n) is 5.58. The van der Waals surface area contributed by atoms with Gasteiger partial charge in [0, 0.05) is 5.56 Å². The van der Waals surface area contributed by atoms with Gasteiger partial charge in [0.1, 0.15) is 0 Å². The predicted molar refractivity (Wildman–Crippen MR) is 120 cm³/mol. The van der Waals surface area contributed by atoms with Crippen LogP contribution in [0.5, 0.6) is 0 Å². The molecule has 3 aromatic carbocycles. The summed E-state index contributed by atoms with van der Waals surface area (Å²) >= 11 is 0. The standard InChI is InChI=1S/C27H22N2O2/c1-19-10-13-23(14-11-19)26(30)29-25(15-12-20-6-3-2-4-7-20)24(27(29)31)17-21-8-5-9-22(16-21)18-28/h2-16,24-25H,17H2,1H3/b15-12+/t24-,25-/m1/s1. The smallest absolute Gasteiger partial charge is 0.261 e. The van der Waals surface area contributed by atoms with Crippen LogP contribution in [0.2, 0.25) is 0 Å². The molecule has 0 radical (unpaired) electrons. The van der Waals surface area contributed by atoms with Crippen molar-refractivity contribution < 1.29 is 9.59 Å². The fraction of sp³-hybridized carbons (Fsp3) is 0.148. The van der Waals surface area contributed by atoms with Gasteiger partial charge in [-0.25, -0.2) is 0 Å². The van der Waals surface area contributed by atoms with Crippen LogP contribution in [0.25, 0.3) is 6.08 Å². The van der Waals surface area contributed by atoms with Crippen LogP contribution in [0.1, 0.15) is 32.6 Å². The zero-order chi connectivity index (χ0) is 21.8. The van der Waals surface area contributed by atoms with Crippen molar-refractivity contribution in [2.75, 3.05) is 0 Å². The zero-order valence-corrected chi connectivity index (χ0v) is 17.2. The molecule has 2 amide bonds. The van der Waals surface area contributed by atoms with Gasteiger partial charge in [-0.2, -0.15) is 5.26 Å². The van der Waals surface area contributed by atoms with E-state index in [1.165, 1.54) is 4.90 Å². The molecule has 1 saturated heterocycles. The number of aryl methyl sites for hydroxylation is 1. The summed E-state index contributed by atoms with van der Waals surface area (Å²) in [4.78, 5) is 27.5. The number of hydrogen-bond acceptors (Lipinski definition) is 3. The van der Waals surface area contributed by atoms with Crippen LogP contribution in [0.15, 0.2) is 84.9 Å². The second kappa shape index (κ2) is 8.81. The highest BCUT2D eigenvalue weighted by atomic mass is 16.2. The maximum Gasteiger partial charge on any atom is 0.261 e. The van der Waals surface area contributed by atoms with Gasteiger partial charge in [-0.3, -0.25) is 14.5 Å². The van der Waals surface area contributed by atoms with E-state index in [0.29, 0.717) is 17.5 Å². The van der Waals surface area contributed by atoms with Crippen molar-refractivity contribution in [3.05, 3.63) is 113 Å². The Bertz CT molecular complexity index is 1170. The van der Waals surface area contributed by atoms with Crippen molar-refractivity contribution in [3.63, 3.8) is 0 Å². The van der Waals surface area contributed by atoms with E-state index in [1.54, 1.807) is 24.3 Å². The predicted octanol–water partition coefficient (Wildman–Crippen LogP) is 4.79. The monoisotopic (exact) mass is 406 g/mol. The highest BCUT2D eigenvalue weighted by Crippen LogP contribution is 2.33. The fourth-order valence-electron chi connectivity index (χ4n) is 3.86. The maximum atomic E-state index is 13.1. The highest BCUT2D eigenvalue weighted by molar-refractivity contribution is 6.09. The molecule has 0 N–H and O–H groups in total. The molecule has 152 valence electrons. The molecule has 4 rings (SSSR count). The number of hydrogen-bond donors (Lipinski definition) is 0. The molecule has 0 unspecified atom stereocenters. The summed E-state index contributed by atoms with van der Waals surface area (Å²) in [6, 6.07) is 26.1. The molecule has 31 heavy (non-hydrogen) atoms. The molecule has 2 atom stereocenters. The van der Waals surface area contributed by atoms with Gasteiger partial charge in [-0.15, -0.1) is 0 Å². The molecular formula is C27H22N2O2. The molecule has 0 spiro atoms. The number of carbonyl (C=O) groups is 2. The first-order valence-corrected chi connectivity index (χ1v) is 10.2. The second-order valence-corrected chi connectivity index (χ2v) is 7.76. The number of likely N-dealkylation sites (tertiary alicyclic amines) is 1. The normalized spacial score (nSPS) is 17.9. The molecule has 0 aromatic heterocycles. The van der Waals surface area contributed by atoms with Crippen molar-refractivity contribution in [2.24, 2.45) is 5.92 Å². The topological polar surface area (TPSA) is 61.2 Å². The van der Waals surface area contributed by atoms with E-state index in [1.807, 2.05) is 73.7 Å². The lowest BCUT2D eigenvalue weighted by Crippen LogP contribution is -2.62. The summed E-state index contributed by atoms with van der Waals surface area (Å²) in [7, 11) is 0. The Labute approximate surface area is 182 Å². The first-order valence-electron chi connectivity index (χ1n) is 10.2. The average Bonchev–Trinajstić information content (AvgIpc) is 2.81. The Morgan fingerprint density at radius 2 is 1.77 bits per heavy atom. The van der Waals surface area contributed by atoms with Gasteiger partial charge in [0.15, 0.2) is 0 Å². The summed E-state index contributed by atoms with van der Waals surface area (Å²) in [5.74, 6) is -0.811. The van der Waals surface area contributed by atoms with E-state index in [4.69, 9.17) is 5.26 Å². The summed E-state index contributed by atoms with van der Waals surface area (Å²) in [6.45, 7) is 1.96. The average molecular weight is 406 g/mol. The minimum absolute atomic E-state index is 0.185. The number of carbonyl (C=O) groups excluding carboxylic acids is 2. The third kappa shape index (κ3) is 4.31. The lowest BCUT2D eigenvalue weighted by molar-refractivity contribution is -0.147. The van der Waals surface area contributed by atoms with Gasteiger partial charge in [0.05, 0.1) is 23.6 Å². The van der Waals surface area contributed by atoms with E-state index in [2.05, 4.69) is 6.07 Å². The largest absolute Gasteiger partial charge is 0.274 e. The van der Waals surface area contributed by atoms with Crippen LogP contribution in [0, 0.1) is 24.2 Å². The van der Waals surface area contributed by atoms with E-state index in [-0.39, 0.29) is 23.8 Å². The number of benzene rings is 3. The number of nitrogens with zero attached hydrogens (tertiary/aromatic N) is 2. The van der Waals surface area contributed by atoms with Gasteiger partial charge in [-0.05, 0) is 48.7 Å². The SMILES string of the molecule is Cc1ccc(C(=O)N2C(=O)[C@H](Cc3cccc(C#N)c3)[C@H]2/C=C/c2ccccc2)cc1. The van der Waals surface area contributed by atoms with Gasteiger partial charge in [0.25, 0.3) is 5.91 Å². The molecule has 4 heteroatoms. The number of imide groups is 1. The summed E-state index contributed by atoms with van der Waals surface area (Å²) in [5, 5.41) is 9.16. The van der Waals surface area contributed by atoms with Crippen molar-refractivity contribution in [2.45, 2.75) is 19.4 Å². The lowest BCUT2D eigenvalue weighted by Gasteiger charge is -2.44. The van der Waals surface area contributed by atoms with Gasteiger partial charge < -0.3 is 0 Å². The fourth-order valence-corrected chi connectivity index (χ4v) is 3.86. The molecule has 0 saturated carbocycles. The third-order valence-corrected chi connectivity index (χ3v) is 5.58. The van der Waals surface area contributed by atoms with Gasteiger partial charge in [-0.1, -0.05) is 72.3 Å². The second-order valence-electron chi connectivity index (χ2n) is 7.76. The number of rotatable bonds is 5. The zero-order valence-electron chi connectivity index (χ0n) is 17.2. The molecule has 1 aliphatic rings. The van der Waals surface area contributed by atoms with Gasteiger partial charge >= 0.3 is 0 Å². The van der Waals surface area contributed by atoms with Crippen LogP contribution in [0.4, 0.5) is 0 Å². The van der Waals surface area contributed by atoms with E-state index in [9.17, 15) is 9.59 Å². The highest BCUT2D eigenvalue weighted by Gasteiger charge is 2.49. The summed E-state index contributed by atoms with van der Waals surface area (Å²) < 4.78 is 0. The Kier molecular flexibility index (Phi) is 5.77. The Balaban J connectivity index is 1.62. The van der Waals surface area contributed by atoms with Crippen LogP contribution in [-0.2, 0) is 11.2 Å².